The lowest BCUT2D eigenvalue weighted by Gasteiger charge is -2.41. The minimum atomic E-state index is -0.741. The number of hydrogen-bond acceptors (Lipinski definition) is 4. The van der Waals surface area contributed by atoms with Crippen LogP contribution < -0.4 is 9.47 Å². The number of carboxylic acid groups (broad SMARTS) is 1. The van der Waals surface area contributed by atoms with Gasteiger partial charge in [-0.25, -0.2) is 0 Å². The van der Waals surface area contributed by atoms with E-state index >= 15 is 0 Å². The van der Waals surface area contributed by atoms with E-state index in [9.17, 15) is 4.79 Å². The highest BCUT2D eigenvalue weighted by atomic mass is 16.5. The zero-order valence-corrected chi connectivity index (χ0v) is 12.7. The third-order valence-corrected chi connectivity index (χ3v) is 4.44. The highest BCUT2D eigenvalue weighted by Crippen LogP contribution is 2.38. The fraction of sp³-hybridized carbons (Fsp3) is 0.471. The van der Waals surface area contributed by atoms with Crippen molar-refractivity contribution in [3.05, 3.63) is 29.8 Å². The number of ether oxygens (including phenoxy) is 2. The van der Waals surface area contributed by atoms with Crippen LogP contribution in [0.15, 0.2) is 24.3 Å². The first-order valence-corrected chi connectivity index (χ1v) is 7.61. The molecule has 1 fully saturated rings. The summed E-state index contributed by atoms with van der Waals surface area (Å²) in [4.78, 5) is 12.9. The van der Waals surface area contributed by atoms with Crippen LogP contribution in [0.2, 0.25) is 0 Å². The van der Waals surface area contributed by atoms with E-state index in [1.165, 1.54) is 0 Å². The van der Waals surface area contributed by atoms with Crippen molar-refractivity contribution in [1.82, 2.24) is 4.90 Å². The fourth-order valence-corrected chi connectivity index (χ4v) is 3.04. The number of methoxy groups -OCH3 is 1. The van der Waals surface area contributed by atoms with Crippen LogP contribution in [-0.4, -0.2) is 48.3 Å². The maximum atomic E-state index is 10.7. The zero-order chi connectivity index (χ0) is 15.6. The van der Waals surface area contributed by atoms with Gasteiger partial charge < -0.3 is 19.5 Å². The van der Waals surface area contributed by atoms with Crippen LogP contribution in [-0.2, 0) is 4.79 Å². The molecular weight excluding hydrogens is 282 g/mol. The molecule has 0 amide bonds. The van der Waals surface area contributed by atoms with Gasteiger partial charge in [-0.15, -0.1) is 0 Å². The molecular formula is C17H21NO4. The van der Waals surface area contributed by atoms with Gasteiger partial charge >= 0.3 is 5.97 Å². The quantitative estimate of drug-likeness (QED) is 0.925. The number of carboxylic acids is 1. The summed E-state index contributed by atoms with van der Waals surface area (Å²) in [5, 5.41) is 8.77. The van der Waals surface area contributed by atoms with Crippen molar-refractivity contribution >= 4 is 12.0 Å². The number of likely N-dealkylation sites (tertiary alicyclic amines) is 1. The molecule has 5 heteroatoms. The molecule has 1 saturated heterocycles. The number of piperidine rings is 1. The van der Waals surface area contributed by atoms with Gasteiger partial charge in [-0.2, -0.15) is 0 Å². The van der Waals surface area contributed by atoms with Crippen LogP contribution in [0.25, 0.3) is 6.08 Å². The van der Waals surface area contributed by atoms with Crippen molar-refractivity contribution in [2.24, 2.45) is 0 Å². The summed E-state index contributed by atoms with van der Waals surface area (Å²) in [5.41, 5.74) is 0.804. The van der Waals surface area contributed by atoms with Crippen LogP contribution >= 0.6 is 0 Å². The Balaban J connectivity index is 1.66. The van der Waals surface area contributed by atoms with Crippen LogP contribution in [0.1, 0.15) is 24.8 Å². The summed E-state index contributed by atoms with van der Waals surface area (Å²) in [5.74, 6) is 0.916. The Labute approximate surface area is 130 Å². The second-order valence-electron chi connectivity index (χ2n) is 5.89. The standard InChI is InChI=1S/C17H21NO4/c1-21-14-3-2-13-4-6-17(22-15(13)12-14)7-10-18(11-8-17)9-5-16(19)20/h2-4,6,12H,5,7-11H2,1H3,(H,19,20). The Morgan fingerprint density at radius 1 is 1.41 bits per heavy atom. The topological polar surface area (TPSA) is 59.0 Å². The molecule has 5 nitrogen and oxygen atoms in total. The molecule has 0 unspecified atom stereocenters. The summed E-state index contributed by atoms with van der Waals surface area (Å²) in [7, 11) is 1.65. The highest BCUT2D eigenvalue weighted by Gasteiger charge is 2.36. The lowest BCUT2D eigenvalue weighted by molar-refractivity contribution is -0.137. The summed E-state index contributed by atoms with van der Waals surface area (Å²) in [6.45, 7) is 2.33. The van der Waals surface area contributed by atoms with Crippen molar-refractivity contribution in [2.75, 3.05) is 26.7 Å². The van der Waals surface area contributed by atoms with Crippen LogP contribution in [0.5, 0.6) is 11.5 Å². The SMILES string of the molecule is COc1ccc2c(c1)OC1(C=C2)CCN(CCC(=O)O)CC1. The van der Waals surface area contributed by atoms with E-state index in [1.807, 2.05) is 18.2 Å². The molecule has 3 rings (SSSR count). The predicted octanol–water partition coefficient (Wildman–Crippen LogP) is 2.41. The number of benzene rings is 1. The van der Waals surface area contributed by atoms with Crippen molar-refractivity contribution < 1.29 is 19.4 Å². The molecule has 1 spiro atoms. The van der Waals surface area contributed by atoms with E-state index in [4.69, 9.17) is 14.6 Å². The maximum absolute atomic E-state index is 10.7. The van der Waals surface area contributed by atoms with Crippen LogP contribution in [0.3, 0.4) is 0 Å². The molecule has 0 saturated carbocycles. The van der Waals surface area contributed by atoms with Crippen molar-refractivity contribution in [3.8, 4) is 11.5 Å². The van der Waals surface area contributed by atoms with Crippen molar-refractivity contribution in [2.45, 2.75) is 24.9 Å². The van der Waals surface area contributed by atoms with E-state index in [-0.39, 0.29) is 12.0 Å². The smallest absolute Gasteiger partial charge is 0.304 e. The fourth-order valence-electron chi connectivity index (χ4n) is 3.04. The molecule has 1 N–H and O–H groups in total. The summed E-state index contributed by atoms with van der Waals surface area (Å²) in [6.07, 6.45) is 6.21. The number of aliphatic carboxylic acids is 1. The summed E-state index contributed by atoms with van der Waals surface area (Å²) in [6, 6.07) is 5.86. The molecule has 118 valence electrons. The second kappa shape index (κ2) is 6.01. The summed E-state index contributed by atoms with van der Waals surface area (Å²) < 4.78 is 11.5. The Kier molecular flexibility index (Phi) is 4.07. The van der Waals surface area contributed by atoms with Gasteiger partial charge in [0, 0.05) is 44.1 Å². The number of fused-ring (bicyclic) bond motifs is 1. The molecule has 0 atom stereocenters. The van der Waals surface area contributed by atoms with Gasteiger partial charge in [0.2, 0.25) is 0 Å². The van der Waals surface area contributed by atoms with Crippen LogP contribution in [0, 0.1) is 0 Å². The van der Waals surface area contributed by atoms with Crippen molar-refractivity contribution in [3.63, 3.8) is 0 Å². The van der Waals surface area contributed by atoms with Gasteiger partial charge in [0.1, 0.15) is 17.1 Å². The second-order valence-corrected chi connectivity index (χ2v) is 5.89. The van der Waals surface area contributed by atoms with Crippen LogP contribution in [0.4, 0.5) is 0 Å². The zero-order valence-electron chi connectivity index (χ0n) is 12.7. The first-order chi connectivity index (χ1) is 10.6. The largest absolute Gasteiger partial charge is 0.497 e. The molecule has 0 bridgehead atoms. The van der Waals surface area contributed by atoms with Crippen molar-refractivity contribution in [1.29, 1.82) is 0 Å². The summed E-state index contributed by atoms with van der Waals surface area (Å²) >= 11 is 0. The number of nitrogens with zero attached hydrogens (tertiary/aromatic N) is 1. The third-order valence-electron chi connectivity index (χ3n) is 4.44. The molecule has 0 aromatic heterocycles. The maximum Gasteiger partial charge on any atom is 0.304 e. The highest BCUT2D eigenvalue weighted by molar-refractivity contribution is 5.66. The van der Waals surface area contributed by atoms with Gasteiger partial charge in [-0.3, -0.25) is 4.79 Å². The van der Waals surface area contributed by atoms with Gasteiger partial charge in [-0.1, -0.05) is 6.08 Å². The average molecular weight is 303 g/mol. The van der Waals surface area contributed by atoms with Gasteiger partial charge in [0.05, 0.1) is 13.5 Å². The van der Waals surface area contributed by atoms with E-state index in [0.29, 0.717) is 6.54 Å². The predicted molar refractivity (Wildman–Crippen MR) is 83.3 cm³/mol. The van der Waals surface area contributed by atoms with E-state index in [2.05, 4.69) is 17.1 Å². The van der Waals surface area contributed by atoms with Gasteiger partial charge in [0.25, 0.3) is 0 Å². The first kappa shape index (κ1) is 14.9. The molecule has 2 aliphatic heterocycles. The lowest BCUT2D eigenvalue weighted by atomic mass is 9.88. The van der Waals surface area contributed by atoms with Gasteiger partial charge in [0.15, 0.2) is 0 Å². The third kappa shape index (κ3) is 3.09. The molecule has 1 aromatic carbocycles. The normalized spacial score (nSPS) is 19.5. The van der Waals surface area contributed by atoms with E-state index in [1.54, 1.807) is 7.11 Å². The Morgan fingerprint density at radius 2 is 2.18 bits per heavy atom. The monoisotopic (exact) mass is 303 g/mol. The Bertz CT molecular complexity index is 588. The number of rotatable bonds is 4. The molecule has 0 aliphatic carbocycles. The average Bonchev–Trinajstić information content (AvgIpc) is 2.53. The van der Waals surface area contributed by atoms with E-state index in [0.717, 1.165) is 43.0 Å². The number of hydrogen-bond donors (Lipinski definition) is 1. The molecule has 2 aliphatic rings. The molecule has 22 heavy (non-hydrogen) atoms. The Morgan fingerprint density at radius 3 is 2.86 bits per heavy atom. The molecule has 1 aromatic rings. The number of carbonyl (C=O) groups is 1. The minimum absolute atomic E-state index is 0.198. The van der Waals surface area contributed by atoms with Gasteiger partial charge in [-0.05, 0) is 18.2 Å². The Hall–Kier alpha value is -2.01. The first-order valence-electron chi connectivity index (χ1n) is 7.61. The minimum Gasteiger partial charge on any atom is -0.497 e. The van der Waals surface area contributed by atoms with E-state index < -0.39 is 5.97 Å². The lowest BCUT2D eigenvalue weighted by Crippen LogP contribution is -2.48. The molecule has 2 heterocycles. The molecule has 0 radical (unpaired) electrons.